The van der Waals surface area contributed by atoms with Gasteiger partial charge in [-0.2, -0.15) is 5.26 Å². The van der Waals surface area contributed by atoms with Gasteiger partial charge < -0.3 is 10.0 Å². The summed E-state index contributed by atoms with van der Waals surface area (Å²) in [5, 5.41) is 18.4. The summed E-state index contributed by atoms with van der Waals surface area (Å²) in [7, 11) is 3.88. The molecule has 0 fully saturated rings. The van der Waals surface area contributed by atoms with Crippen LogP contribution >= 0.6 is 0 Å². The van der Waals surface area contributed by atoms with Crippen LogP contribution in [0.4, 0.5) is 5.69 Å². The molecule has 1 rings (SSSR count). The van der Waals surface area contributed by atoms with Crippen molar-refractivity contribution in [2.24, 2.45) is 0 Å². The summed E-state index contributed by atoms with van der Waals surface area (Å²) in [6.45, 7) is 0. The average Bonchev–Trinajstić information content (AvgIpc) is 2.29. The van der Waals surface area contributed by atoms with Gasteiger partial charge in [0.1, 0.15) is 0 Å². The van der Waals surface area contributed by atoms with E-state index in [1.54, 1.807) is 6.08 Å². The first-order valence-electron chi connectivity index (χ1n) is 5.15. The highest BCUT2D eigenvalue weighted by Crippen LogP contribution is 2.26. The van der Waals surface area contributed by atoms with E-state index >= 15 is 0 Å². The molecule has 0 saturated carbocycles. The number of nitriles is 1. The molecule has 0 amide bonds. The van der Waals surface area contributed by atoms with Gasteiger partial charge in [0.05, 0.1) is 12.2 Å². The van der Waals surface area contributed by atoms with E-state index in [0.717, 1.165) is 11.3 Å². The fourth-order valence-electron chi connectivity index (χ4n) is 1.55. The summed E-state index contributed by atoms with van der Waals surface area (Å²) >= 11 is 0. The van der Waals surface area contributed by atoms with Crippen LogP contribution in [-0.2, 0) is 0 Å². The maximum Gasteiger partial charge on any atom is 0.0908 e. The van der Waals surface area contributed by atoms with Gasteiger partial charge in [-0.05, 0) is 12.5 Å². The third-order valence-corrected chi connectivity index (χ3v) is 2.33. The van der Waals surface area contributed by atoms with E-state index in [-0.39, 0.29) is 0 Å². The summed E-state index contributed by atoms with van der Waals surface area (Å²) in [4.78, 5) is 1.96. The minimum atomic E-state index is -0.566. The van der Waals surface area contributed by atoms with Crippen LogP contribution in [0, 0.1) is 11.3 Å². The van der Waals surface area contributed by atoms with E-state index in [1.807, 2.05) is 49.3 Å². The van der Waals surface area contributed by atoms with Crippen molar-refractivity contribution in [2.45, 2.75) is 12.5 Å². The highest BCUT2D eigenvalue weighted by atomic mass is 16.3. The number of benzene rings is 1. The van der Waals surface area contributed by atoms with Gasteiger partial charge in [-0.3, -0.25) is 0 Å². The van der Waals surface area contributed by atoms with Crippen molar-refractivity contribution in [3.8, 4) is 6.07 Å². The maximum absolute atomic E-state index is 9.99. The average molecular weight is 216 g/mol. The van der Waals surface area contributed by atoms with Crippen LogP contribution in [-0.4, -0.2) is 19.2 Å². The predicted molar refractivity (Wildman–Crippen MR) is 65.1 cm³/mol. The zero-order chi connectivity index (χ0) is 12.0. The van der Waals surface area contributed by atoms with Gasteiger partial charge in [-0.1, -0.05) is 24.3 Å². The molecule has 0 aliphatic carbocycles. The molecule has 3 nitrogen and oxygen atoms in total. The number of para-hydroxylation sites is 1. The minimum absolute atomic E-state index is 0.457. The van der Waals surface area contributed by atoms with Crippen molar-refractivity contribution in [3.05, 3.63) is 42.0 Å². The molecule has 1 aromatic carbocycles. The van der Waals surface area contributed by atoms with E-state index < -0.39 is 6.10 Å². The van der Waals surface area contributed by atoms with Crippen LogP contribution in [0.5, 0.6) is 0 Å². The van der Waals surface area contributed by atoms with Gasteiger partial charge in [0.25, 0.3) is 0 Å². The van der Waals surface area contributed by atoms with Crippen molar-refractivity contribution in [3.63, 3.8) is 0 Å². The molecular weight excluding hydrogens is 200 g/mol. The van der Waals surface area contributed by atoms with Gasteiger partial charge in [0, 0.05) is 31.4 Å². The van der Waals surface area contributed by atoms with Gasteiger partial charge in [0.15, 0.2) is 0 Å². The fourth-order valence-corrected chi connectivity index (χ4v) is 1.55. The molecule has 0 aliphatic heterocycles. The lowest BCUT2D eigenvalue weighted by molar-refractivity contribution is 0.182. The van der Waals surface area contributed by atoms with Crippen molar-refractivity contribution in [1.29, 1.82) is 5.26 Å². The van der Waals surface area contributed by atoms with Crippen LogP contribution in [0.15, 0.2) is 36.4 Å². The molecule has 84 valence electrons. The molecule has 3 heteroatoms. The van der Waals surface area contributed by atoms with Crippen LogP contribution in [0.2, 0.25) is 0 Å². The Balaban J connectivity index is 2.86. The number of allylic oxidation sites excluding steroid dienone is 1. The minimum Gasteiger partial charge on any atom is -0.388 e. The number of hydrogen-bond acceptors (Lipinski definition) is 3. The summed E-state index contributed by atoms with van der Waals surface area (Å²) in [6.07, 6.45) is 2.96. The number of aliphatic hydroxyl groups is 1. The molecule has 0 spiro atoms. The Morgan fingerprint density at radius 3 is 2.75 bits per heavy atom. The molecule has 1 atom stereocenters. The SMILES string of the molecule is CN(C)c1ccccc1[C@@H](O)C/C=C\C#N. The van der Waals surface area contributed by atoms with Crippen LogP contribution < -0.4 is 4.90 Å². The highest BCUT2D eigenvalue weighted by molar-refractivity contribution is 5.53. The predicted octanol–water partition coefficient (Wildman–Crippen LogP) is 2.26. The molecule has 0 heterocycles. The normalized spacial score (nSPS) is 12.4. The van der Waals surface area contributed by atoms with E-state index in [1.165, 1.54) is 6.08 Å². The highest BCUT2D eigenvalue weighted by Gasteiger charge is 2.11. The van der Waals surface area contributed by atoms with E-state index in [9.17, 15) is 5.11 Å². The first-order chi connectivity index (χ1) is 7.66. The third kappa shape index (κ3) is 3.11. The lowest BCUT2D eigenvalue weighted by Crippen LogP contribution is -2.12. The largest absolute Gasteiger partial charge is 0.388 e. The van der Waals surface area contributed by atoms with E-state index in [4.69, 9.17) is 5.26 Å². The van der Waals surface area contributed by atoms with Crippen molar-refractivity contribution in [2.75, 3.05) is 19.0 Å². The molecule has 1 N–H and O–H groups in total. The second-order valence-electron chi connectivity index (χ2n) is 3.74. The Morgan fingerprint density at radius 2 is 2.12 bits per heavy atom. The van der Waals surface area contributed by atoms with Crippen molar-refractivity contribution in [1.82, 2.24) is 0 Å². The lowest BCUT2D eigenvalue weighted by atomic mass is 10.0. The smallest absolute Gasteiger partial charge is 0.0908 e. The van der Waals surface area contributed by atoms with Crippen LogP contribution in [0.25, 0.3) is 0 Å². The van der Waals surface area contributed by atoms with Crippen molar-refractivity contribution >= 4 is 5.69 Å². The molecular formula is C13H16N2O. The lowest BCUT2D eigenvalue weighted by Gasteiger charge is -2.20. The number of hydrogen-bond donors (Lipinski definition) is 1. The second-order valence-corrected chi connectivity index (χ2v) is 3.74. The van der Waals surface area contributed by atoms with Gasteiger partial charge >= 0.3 is 0 Å². The van der Waals surface area contributed by atoms with Crippen LogP contribution in [0.1, 0.15) is 18.1 Å². The molecule has 0 radical (unpaired) electrons. The molecule has 0 aromatic heterocycles. The molecule has 16 heavy (non-hydrogen) atoms. The van der Waals surface area contributed by atoms with Gasteiger partial charge in [-0.25, -0.2) is 0 Å². The molecule has 0 bridgehead atoms. The van der Waals surface area contributed by atoms with Gasteiger partial charge in [0.2, 0.25) is 0 Å². The fraction of sp³-hybridized carbons (Fsp3) is 0.308. The van der Waals surface area contributed by atoms with E-state index in [0.29, 0.717) is 6.42 Å². The first kappa shape index (κ1) is 12.3. The first-order valence-corrected chi connectivity index (χ1v) is 5.15. The quantitative estimate of drug-likeness (QED) is 0.785. The Bertz CT molecular complexity index is 405. The van der Waals surface area contributed by atoms with Gasteiger partial charge in [-0.15, -0.1) is 0 Å². The maximum atomic E-state index is 9.99. The Kier molecular flexibility index (Phi) is 4.56. The number of anilines is 1. The summed E-state index contributed by atoms with van der Waals surface area (Å²) in [6, 6.07) is 9.62. The topological polar surface area (TPSA) is 47.3 Å². The monoisotopic (exact) mass is 216 g/mol. The molecule has 0 unspecified atom stereocenters. The second kappa shape index (κ2) is 5.94. The number of nitrogens with zero attached hydrogens (tertiary/aromatic N) is 2. The Labute approximate surface area is 96.2 Å². The summed E-state index contributed by atoms with van der Waals surface area (Å²) < 4.78 is 0. The number of rotatable bonds is 4. The third-order valence-electron chi connectivity index (χ3n) is 2.33. The molecule has 0 aliphatic rings. The standard InChI is InChI=1S/C13H16N2O/c1-15(2)12-8-4-3-7-11(12)13(16)9-5-6-10-14/h3-8,13,16H,9H2,1-2H3/b6-5-/t13-/m0/s1. The summed E-state index contributed by atoms with van der Waals surface area (Å²) in [5.74, 6) is 0. The van der Waals surface area contributed by atoms with Crippen LogP contribution in [0.3, 0.4) is 0 Å². The Morgan fingerprint density at radius 1 is 1.44 bits per heavy atom. The molecule has 0 saturated heterocycles. The zero-order valence-corrected chi connectivity index (χ0v) is 9.59. The van der Waals surface area contributed by atoms with Crippen molar-refractivity contribution < 1.29 is 5.11 Å². The number of aliphatic hydroxyl groups excluding tert-OH is 1. The molecule has 1 aromatic rings. The summed E-state index contributed by atoms with van der Waals surface area (Å²) in [5.41, 5.74) is 1.88. The Hall–Kier alpha value is -1.79. The van der Waals surface area contributed by atoms with E-state index in [2.05, 4.69) is 0 Å². The zero-order valence-electron chi connectivity index (χ0n) is 9.59.